The molecule has 3 rings (SSSR count). The molecule has 0 spiro atoms. The third-order valence-corrected chi connectivity index (χ3v) is 5.89. The van der Waals surface area contributed by atoms with Gasteiger partial charge in [-0.3, -0.25) is 0 Å². The Morgan fingerprint density at radius 2 is 2.00 bits per heavy atom. The van der Waals surface area contributed by atoms with Crippen molar-refractivity contribution >= 4 is 5.82 Å². The van der Waals surface area contributed by atoms with E-state index in [4.69, 9.17) is 10.5 Å². The van der Waals surface area contributed by atoms with E-state index in [1.54, 1.807) is 0 Å². The minimum absolute atomic E-state index is 0.00503. The van der Waals surface area contributed by atoms with Crippen LogP contribution in [0.15, 0.2) is 6.07 Å². The van der Waals surface area contributed by atoms with Gasteiger partial charge in [-0.05, 0) is 30.6 Å². The number of nitrogens with two attached hydrogens (primary N) is 1. The van der Waals surface area contributed by atoms with Crippen LogP contribution in [-0.4, -0.2) is 11.1 Å². The second kappa shape index (κ2) is 4.06. The van der Waals surface area contributed by atoms with Gasteiger partial charge >= 0.3 is 0 Å². The smallest absolute Gasteiger partial charge is 0.252 e. The monoisotopic (exact) mass is 282 g/mol. The van der Waals surface area contributed by atoms with Crippen LogP contribution < -0.4 is 10.5 Å². The van der Waals surface area contributed by atoms with E-state index in [0.29, 0.717) is 5.92 Å². The van der Waals surface area contributed by atoms with Crippen LogP contribution in [-0.2, 0) is 0 Å². The summed E-state index contributed by atoms with van der Waals surface area (Å²) < 4.78 is 32.7. The fraction of sp³-hybridized carbons (Fsp3) is 0.667. The SMILES string of the molecule is CC1(C)C2CCC1(C)C(Oc1nc(N)c(F)cc1F)C2. The van der Waals surface area contributed by atoms with E-state index in [2.05, 4.69) is 25.8 Å². The number of hydrogen-bond donors (Lipinski definition) is 1. The zero-order chi connectivity index (χ0) is 14.7. The lowest BCUT2D eigenvalue weighted by Gasteiger charge is -2.38. The number of pyridine rings is 1. The van der Waals surface area contributed by atoms with Crippen molar-refractivity contribution in [3.8, 4) is 5.88 Å². The molecule has 2 N–H and O–H groups in total. The summed E-state index contributed by atoms with van der Waals surface area (Å²) in [7, 11) is 0. The number of nitrogens with zero attached hydrogens (tertiary/aromatic N) is 1. The number of anilines is 1. The van der Waals surface area contributed by atoms with E-state index in [1.165, 1.54) is 6.42 Å². The van der Waals surface area contributed by atoms with Crippen LogP contribution in [0.4, 0.5) is 14.6 Å². The normalized spacial score (nSPS) is 34.5. The quantitative estimate of drug-likeness (QED) is 0.902. The third kappa shape index (κ3) is 1.64. The fourth-order valence-electron chi connectivity index (χ4n) is 3.99. The van der Waals surface area contributed by atoms with Crippen molar-refractivity contribution in [3.63, 3.8) is 0 Å². The van der Waals surface area contributed by atoms with Crippen LogP contribution in [0, 0.1) is 28.4 Å². The second-order valence-corrected chi connectivity index (χ2v) is 6.86. The molecule has 2 saturated carbocycles. The molecule has 0 saturated heterocycles. The van der Waals surface area contributed by atoms with Gasteiger partial charge in [0.05, 0.1) is 0 Å². The number of halogens is 2. The lowest BCUT2D eigenvalue weighted by molar-refractivity contribution is 0.0247. The van der Waals surface area contributed by atoms with Crippen LogP contribution in [0.3, 0.4) is 0 Å². The predicted octanol–water partition coefficient (Wildman–Crippen LogP) is 3.54. The van der Waals surface area contributed by atoms with Crippen molar-refractivity contribution in [2.24, 2.45) is 16.7 Å². The van der Waals surface area contributed by atoms with Crippen molar-refractivity contribution in [1.29, 1.82) is 0 Å². The van der Waals surface area contributed by atoms with E-state index in [-0.39, 0.29) is 28.6 Å². The number of nitrogen functional groups attached to an aromatic ring is 1. The first kappa shape index (κ1) is 13.6. The fourth-order valence-corrected chi connectivity index (χ4v) is 3.99. The van der Waals surface area contributed by atoms with E-state index in [1.807, 2.05) is 0 Å². The maximum Gasteiger partial charge on any atom is 0.252 e. The summed E-state index contributed by atoms with van der Waals surface area (Å²) in [6.45, 7) is 6.68. The molecule has 0 aromatic carbocycles. The molecular weight excluding hydrogens is 262 g/mol. The largest absolute Gasteiger partial charge is 0.472 e. The van der Waals surface area contributed by atoms with Crippen LogP contribution in [0.2, 0.25) is 0 Å². The van der Waals surface area contributed by atoms with E-state index in [9.17, 15) is 8.78 Å². The Labute approximate surface area is 117 Å². The lowest BCUT2D eigenvalue weighted by atomic mass is 9.70. The van der Waals surface area contributed by atoms with Crippen molar-refractivity contribution in [1.82, 2.24) is 4.98 Å². The molecule has 110 valence electrons. The minimum atomic E-state index is -0.852. The number of fused-ring (bicyclic) bond motifs is 2. The maximum atomic E-state index is 13.8. The number of hydrogen-bond acceptors (Lipinski definition) is 3. The average molecular weight is 282 g/mol. The summed E-state index contributed by atoms with van der Waals surface area (Å²) in [4.78, 5) is 3.70. The third-order valence-electron chi connectivity index (χ3n) is 5.89. The highest BCUT2D eigenvalue weighted by atomic mass is 19.1. The zero-order valence-corrected chi connectivity index (χ0v) is 12.0. The average Bonchev–Trinajstić information content (AvgIpc) is 2.69. The van der Waals surface area contributed by atoms with Gasteiger partial charge in [-0.15, -0.1) is 0 Å². The van der Waals surface area contributed by atoms with Gasteiger partial charge in [0, 0.05) is 11.5 Å². The Morgan fingerprint density at radius 1 is 1.30 bits per heavy atom. The molecule has 5 heteroatoms. The molecule has 3 atom stereocenters. The molecule has 3 nitrogen and oxygen atoms in total. The predicted molar refractivity (Wildman–Crippen MR) is 72.2 cm³/mol. The molecule has 20 heavy (non-hydrogen) atoms. The van der Waals surface area contributed by atoms with Gasteiger partial charge in [0.1, 0.15) is 6.10 Å². The van der Waals surface area contributed by atoms with Gasteiger partial charge in [0.25, 0.3) is 5.88 Å². The summed E-state index contributed by atoms with van der Waals surface area (Å²) in [5, 5.41) is 0. The summed E-state index contributed by atoms with van der Waals surface area (Å²) in [6.07, 6.45) is 3.04. The first-order valence-corrected chi connectivity index (χ1v) is 7.04. The van der Waals surface area contributed by atoms with Gasteiger partial charge in [-0.25, -0.2) is 8.78 Å². The number of aromatic nitrogens is 1. The van der Waals surface area contributed by atoms with Crippen LogP contribution in [0.5, 0.6) is 5.88 Å². The topological polar surface area (TPSA) is 48.1 Å². The molecule has 2 bridgehead atoms. The van der Waals surface area contributed by atoms with Crippen LogP contribution >= 0.6 is 0 Å². The first-order chi connectivity index (χ1) is 9.25. The Bertz CT molecular complexity index is 561. The number of rotatable bonds is 2. The Balaban J connectivity index is 1.89. The van der Waals surface area contributed by atoms with Crippen molar-refractivity contribution in [2.75, 3.05) is 5.73 Å². The molecule has 1 heterocycles. The first-order valence-electron chi connectivity index (χ1n) is 7.04. The highest BCUT2D eigenvalue weighted by Gasteiger charge is 2.62. The van der Waals surface area contributed by atoms with Crippen molar-refractivity contribution in [2.45, 2.75) is 46.1 Å². The highest BCUT2D eigenvalue weighted by Crippen LogP contribution is 2.66. The molecule has 2 aliphatic carbocycles. The molecular formula is C15H20F2N2O. The maximum absolute atomic E-state index is 13.8. The molecule has 1 aromatic rings. The second-order valence-electron chi connectivity index (χ2n) is 6.86. The van der Waals surface area contributed by atoms with Gasteiger partial charge in [-0.2, -0.15) is 4.98 Å². The minimum Gasteiger partial charge on any atom is -0.472 e. The standard InChI is InChI=1S/C15H20F2N2O/c1-14(2)8-4-5-15(14,3)11(6-8)20-13-10(17)7-9(16)12(18)19-13/h7-8,11H,4-6H2,1-3H3,(H2,18,19). The van der Waals surface area contributed by atoms with E-state index >= 15 is 0 Å². The Morgan fingerprint density at radius 3 is 2.55 bits per heavy atom. The summed E-state index contributed by atoms with van der Waals surface area (Å²) in [6, 6.07) is 0.734. The van der Waals surface area contributed by atoms with Crippen LogP contribution in [0.1, 0.15) is 40.0 Å². The summed E-state index contributed by atoms with van der Waals surface area (Å²) in [5.41, 5.74) is 5.55. The molecule has 0 aliphatic heterocycles. The molecule has 1 aromatic heterocycles. The molecule has 3 unspecified atom stereocenters. The summed E-state index contributed by atoms with van der Waals surface area (Å²) in [5.74, 6) is -1.57. The lowest BCUT2D eigenvalue weighted by Crippen LogP contribution is -2.39. The molecule has 0 radical (unpaired) electrons. The van der Waals surface area contributed by atoms with E-state index in [0.717, 1.165) is 18.9 Å². The van der Waals surface area contributed by atoms with Gasteiger partial charge in [0.2, 0.25) is 0 Å². The molecule has 2 fully saturated rings. The Hall–Kier alpha value is -1.39. The molecule has 2 aliphatic rings. The zero-order valence-electron chi connectivity index (χ0n) is 12.0. The van der Waals surface area contributed by atoms with Gasteiger partial charge < -0.3 is 10.5 Å². The van der Waals surface area contributed by atoms with E-state index < -0.39 is 11.6 Å². The van der Waals surface area contributed by atoms with Gasteiger partial charge in [-0.1, -0.05) is 20.8 Å². The molecule has 0 amide bonds. The van der Waals surface area contributed by atoms with Crippen molar-refractivity contribution in [3.05, 3.63) is 17.7 Å². The summed E-state index contributed by atoms with van der Waals surface area (Å²) >= 11 is 0. The van der Waals surface area contributed by atoms with Crippen LogP contribution in [0.25, 0.3) is 0 Å². The highest BCUT2D eigenvalue weighted by molar-refractivity contribution is 5.34. The van der Waals surface area contributed by atoms with Crippen molar-refractivity contribution < 1.29 is 13.5 Å². The van der Waals surface area contributed by atoms with Gasteiger partial charge in [0.15, 0.2) is 17.5 Å². The number of ether oxygens (including phenoxy) is 1. The Kier molecular flexibility index (Phi) is 2.76.